The molecule has 0 saturated carbocycles. The van der Waals surface area contributed by atoms with Gasteiger partial charge in [0.2, 0.25) is 23.6 Å². The van der Waals surface area contributed by atoms with E-state index in [4.69, 9.17) is 14.7 Å². The van der Waals surface area contributed by atoms with E-state index in [9.17, 15) is 28.8 Å². The molecule has 1 unspecified atom stereocenters. The van der Waals surface area contributed by atoms with E-state index < -0.39 is 35.6 Å². The van der Waals surface area contributed by atoms with Gasteiger partial charge in [0.15, 0.2) is 0 Å². The van der Waals surface area contributed by atoms with Gasteiger partial charge in [0.05, 0.1) is 49.8 Å². The minimum atomic E-state index is -1.04. The van der Waals surface area contributed by atoms with Crippen molar-refractivity contribution < 1.29 is 43.4 Å². The number of anilines is 1. The molecule has 0 aliphatic carbocycles. The van der Waals surface area contributed by atoms with Crippen LogP contribution >= 0.6 is 0 Å². The molecule has 280 valence electrons. The number of hydrogen-bond donors (Lipinski definition) is 5. The minimum Gasteiger partial charge on any atom is -0.491 e. The lowest BCUT2D eigenvalue weighted by Crippen LogP contribution is -2.54. The van der Waals surface area contributed by atoms with Gasteiger partial charge in [-0.1, -0.05) is 24.1 Å². The fourth-order valence-electron chi connectivity index (χ4n) is 5.72. The number of fused-ring (bicyclic) bond motifs is 1. The maximum absolute atomic E-state index is 13.3. The van der Waals surface area contributed by atoms with Gasteiger partial charge in [-0.05, 0) is 61.2 Å². The number of amides is 6. The zero-order chi connectivity index (χ0) is 37.6. The summed E-state index contributed by atoms with van der Waals surface area (Å²) in [7, 11) is 0. The van der Waals surface area contributed by atoms with E-state index >= 15 is 0 Å². The van der Waals surface area contributed by atoms with Crippen LogP contribution in [0.25, 0.3) is 0 Å². The van der Waals surface area contributed by atoms with E-state index in [0.717, 1.165) is 23.3 Å². The number of unbranched alkanes of at least 4 members (excludes halogenated alkanes) is 3. The van der Waals surface area contributed by atoms with Crippen LogP contribution in [-0.4, -0.2) is 92.6 Å². The van der Waals surface area contributed by atoms with E-state index in [1.807, 2.05) is 12.1 Å². The predicted octanol–water partition coefficient (Wildman–Crippen LogP) is 1.68. The van der Waals surface area contributed by atoms with E-state index in [1.165, 1.54) is 6.07 Å². The van der Waals surface area contributed by atoms with Gasteiger partial charge in [-0.15, -0.1) is 5.10 Å². The third kappa shape index (κ3) is 10.7. The lowest BCUT2D eigenvalue weighted by molar-refractivity contribution is -0.136. The van der Waals surface area contributed by atoms with Gasteiger partial charge in [-0.3, -0.25) is 44.2 Å². The summed E-state index contributed by atoms with van der Waals surface area (Å²) >= 11 is 0. The number of benzene rings is 2. The lowest BCUT2D eigenvalue weighted by atomic mass is 10.0. The van der Waals surface area contributed by atoms with Crippen molar-refractivity contribution in [2.24, 2.45) is 5.10 Å². The smallest absolute Gasteiger partial charge is 0.264 e. The zero-order valence-corrected chi connectivity index (χ0v) is 28.9. The maximum atomic E-state index is 13.3. The topological polar surface area (TPSA) is 236 Å². The highest BCUT2D eigenvalue weighted by Gasteiger charge is 2.45. The van der Waals surface area contributed by atoms with Crippen LogP contribution in [0, 0.1) is 0 Å². The highest BCUT2D eigenvalue weighted by Crippen LogP contribution is 2.32. The molecule has 1 saturated heterocycles. The Labute approximate surface area is 304 Å². The Bertz CT molecular complexity index is 1830. The Morgan fingerprint density at radius 2 is 1.74 bits per heavy atom. The van der Waals surface area contributed by atoms with E-state index in [-0.39, 0.29) is 42.8 Å². The maximum Gasteiger partial charge on any atom is 0.264 e. The van der Waals surface area contributed by atoms with Crippen LogP contribution in [0.5, 0.6) is 5.75 Å². The van der Waals surface area contributed by atoms with Crippen molar-refractivity contribution >= 4 is 47.3 Å². The molecule has 2 aliphatic heterocycles. The average molecular weight is 732 g/mol. The van der Waals surface area contributed by atoms with E-state index in [2.05, 4.69) is 31.5 Å². The van der Waals surface area contributed by atoms with Crippen LogP contribution < -0.4 is 26.3 Å². The summed E-state index contributed by atoms with van der Waals surface area (Å²) in [4.78, 5) is 74.1. The second kappa shape index (κ2) is 19.0. The zero-order valence-electron chi connectivity index (χ0n) is 28.9. The highest BCUT2D eigenvalue weighted by molar-refractivity contribution is 6.25. The van der Waals surface area contributed by atoms with Crippen molar-refractivity contribution in [1.29, 1.82) is 0 Å². The van der Waals surface area contributed by atoms with Gasteiger partial charge in [-0.25, -0.2) is 15.6 Å². The first-order chi connectivity index (χ1) is 25.7. The molecule has 5 N–H and O–H groups in total. The van der Waals surface area contributed by atoms with Crippen molar-refractivity contribution in [2.45, 2.75) is 70.5 Å². The summed E-state index contributed by atoms with van der Waals surface area (Å²) in [6.45, 7) is 1.70. The number of imide groups is 2. The summed E-state index contributed by atoms with van der Waals surface area (Å²) in [5.41, 5.74) is 6.25. The van der Waals surface area contributed by atoms with Crippen LogP contribution in [0.4, 0.5) is 5.69 Å². The van der Waals surface area contributed by atoms with Crippen LogP contribution in [0.1, 0.15) is 83.3 Å². The van der Waals surface area contributed by atoms with Crippen molar-refractivity contribution in [3.8, 4) is 5.75 Å². The molecule has 5 rings (SSSR count). The molecule has 0 radical (unpaired) electrons. The number of nitrogens with one attached hydrogen (secondary N) is 4. The molecule has 0 bridgehead atoms. The number of piperidine rings is 1. The lowest BCUT2D eigenvalue weighted by Gasteiger charge is -2.27. The largest absolute Gasteiger partial charge is 0.491 e. The second-order valence-corrected chi connectivity index (χ2v) is 12.3. The Kier molecular flexibility index (Phi) is 13.7. The summed E-state index contributed by atoms with van der Waals surface area (Å²) in [5, 5.41) is 26.1. The molecule has 0 spiro atoms. The number of hydrogen-bond acceptors (Lipinski definition) is 13. The van der Waals surface area contributed by atoms with E-state index in [1.54, 1.807) is 46.8 Å². The molecule has 2 aliphatic rings. The standard InChI is InChI=1S/C35H41N9O9/c45-29-15-14-28(33(48)38-29)44-34(49)26-6-5-7-27(32(26)35(44)50)36-21-24-22-43(42-39-24)16-17-52-18-19-53-25-12-10-23(11-13-25)20-37-40-30(46)8-3-1-2-4-9-31(47)41-51/h5-7,10-13,20,22,28,36,51H,1-4,8-9,14-19,21H2,(H,40,46)(H,41,47)(H,38,45,48). The molecule has 1 atom stereocenters. The van der Waals surface area contributed by atoms with Crippen LogP contribution in [0.2, 0.25) is 0 Å². The summed E-state index contributed by atoms with van der Waals surface area (Å²) in [6.07, 6.45) is 6.93. The van der Waals surface area contributed by atoms with Crippen molar-refractivity contribution in [3.63, 3.8) is 0 Å². The first kappa shape index (κ1) is 38.2. The number of rotatable bonds is 20. The molecule has 3 aromatic rings. The number of carbonyl (C=O) groups is 6. The van der Waals surface area contributed by atoms with Gasteiger partial charge < -0.3 is 14.8 Å². The molecule has 53 heavy (non-hydrogen) atoms. The quantitative estimate of drug-likeness (QED) is 0.0367. The molecule has 2 aromatic carbocycles. The van der Waals surface area contributed by atoms with Gasteiger partial charge in [0.1, 0.15) is 24.1 Å². The number of aromatic nitrogens is 3. The van der Waals surface area contributed by atoms with Crippen molar-refractivity contribution in [1.82, 2.24) is 36.1 Å². The molecule has 1 aromatic heterocycles. The first-order valence-electron chi connectivity index (χ1n) is 17.3. The molecule has 1 fully saturated rings. The molecule has 18 heteroatoms. The van der Waals surface area contributed by atoms with Crippen LogP contribution in [-0.2, 0) is 37.0 Å². The Balaban J connectivity index is 0.953. The fourth-order valence-corrected chi connectivity index (χ4v) is 5.72. The first-order valence-corrected chi connectivity index (χ1v) is 17.3. The van der Waals surface area contributed by atoms with Crippen molar-refractivity contribution in [2.75, 3.05) is 25.1 Å². The van der Waals surface area contributed by atoms with Gasteiger partial charge in [0, 0.05) is 24.9 Å². The molecule has 3 heterocycles. The predicted molar refractivity (Wildman–Crippen MR) is 187 cm³/mol. The van der Waals surface area contributed by atoms with Crippen molar-refractivity contribution in [3.05, 3.63) is 71.0 Å². The summed E-state index contributed by atoms with van der Waals surface area (Å²) in [5.74, 6) is -2.22. The third-order valence-electron chi connectivity index (χ3n) is 8.44. The molecule has 18 nitrogen and oxygen atoms in total. The van der Waals surface area contributed by atoms with Gasteiger partial charge in [-0.2, -0.15) is 5.10 Å². The normalized spacial score (nSPS) is 15.4. The molecular formula is C35H41N9O9. The number of carbonyl (C=O) groups excluding carboxylic acids is 6. The Morgan fingerprint density at radius 3 is 2.49 bits per heavy atom. The average Bonchev–Trinajstić information content (AvgIpc) is 3.72. The summed E-state index contributed by atoms with van der Waals surface area (Å²) < 4.78 is 13.0. The highest BCUT2D eigenvalue weighted by atomic mass is 16.5. The van der Waals surface area contributed by atoms with Crippen LogP contribution in [0.3, 0.4) is 0 Å². The SMILES string of the molecule is O=C(CCCCCCC(=O)NN=Cc1ccc(OCCOCCn2cc(CNc3cccc4c3C(=O)N(C3CCC(=O)NC3=O)C4=O)nn2)cc1)NO. The second-order valence-electron chi connectivity index (χ2n) is 12.3. The fraction of sp³-hybridized carbons (Fsp3) is 0.400. The Morgan fingerprint density at radius 1 is 0.962 bits per heavy atom. The van der Waals surface area contributed by atoms with Crippen LogP contribution in [0.15, 0.2) is 53.8 Å². The summed E-state index contributed by atoms with van der Waals surface area (Å²) in [6, 6.07) is 11.0. The number of hydroxylamine groups is 1. The van der Waals surface area contributed by atoms with E-state index in [0.29, 0.717) is 62.8 Å². The molecular weight excluding hydrogens is 690 g/mol. The molecule has 6 amide bonds. The monoisotopic (exact) mass is 731 g/mol. The Hall–Kier alpha value is -6.01. The number of nitrogens with zero attached hydrogens (tertiary/aromatic N) is 5. The number of ether oxygens (including phenoxy) is 2. The van der Waals surface area contributed by atoms with Gasteiger partial charge >= 0.3 is 0 Å². The number of hydrazone groups is 1. The minimum absolute atomic E-state index is 0.0448. The van der Waals surface area contributed by atoms with Gasteiger partial charge in [0.25, 0.3) is 11.8 Å². The third-order valence-corrected chi connectivity index (χ3v) is 8.44.